The number of nitrogens with zero attached hydrogens (tertiary/aromatic N) is 4. The van der Waals surface area contributed by atoms with Crippen LogP contribution in [-0.4, -0.2) is 15.0 Å². The molecule has 3 N–H and O–H groups in total. The molecule has 0 saturated heterocycles. The van der Waals surface area contributed by atoms with E-state index in [1.54, 1.807) is 12.3 Å². The molecule has 0 saturated carbocycles. The van der Waals surface area contributed by atoms with Gasteiger partial charge in [-0.05, 0) is 30.2 Å². The quantitative estimate of drug-likeness (QED) is 0.539. The molecule has 2 heterocycles. The van der Waals surface area contributed by atoms with Crippen LogP contribution in [0.15, 0.2) is 61.1 Å². The summed E-state index contributed by atoms with van der Waals surface area (Å²) in [5, 5.41) is 13.5. The van der Waals surface area contributed by atoms with Gasteiger partial charge >= 0.3 is 0 Å². The Balaban J connectivity index is 1.87. The Labute approximate surface area is 166 Å². The second-order valence-electron chi connectivity index (χ2n) is 6.58. The lowest BCUT2D eigenvalue weighted by molar-refractivity contribution is 0.629. The highest BCUT2D eigenvalue weighted by molar-refractivity contribution is 5.96. The second-order valence-corrected chi connectivity index (χ2v) is 6.58. The van der Waals surface area contributed by atoms with Gasteiger partial charge in [0.05, 0.1) is 11.6 Å². The fourth-order valence-electron chi connectivity index (χ4n) is 3.34. The molecule has 0 radical (unpaired) electrons. The minimum atomic E-state index is -0.335. The maximum Gasteiger partial charge on any atom is 0.150 e. The highest BCUT2D eigenvalue weighted by Gasteiger charge is 2.19. The number of halogens is 1. The lowest BCUT2D eigenvalue weighted by atomic mass is 9.93. The summed E-state index contributed by atoms with van der Waals surface area (Å²) in [6.07, 6.45) is 3.03. The van der Waals surface area contributed by atoms with Gasteiger partial charge in [0.25, 0.3) is 0 Å². The maximum atomic E-state index is 13.7. The molecule has 29 heavy (non-hydrogen) atoms. The van der Waals surface area contributed by atoms with Gasteiger partial charge in [-0.15, -0.1) is 0 Å². The van der Waals surface area contributed by atoms with Crippen LogP contribution in [0.4, 0.5) is 16.0 Å². The van der Waals surface area contributed by atoms with Gasteiger partial charge < -0.3 is 11.1 Å². The average Bonchev–Trinajstić information content (AvgIpc) is 2.73. The lowest BCUT2D eigenvalue weighted by Gasteiger charge is -2.20. The molecule has 0 aliphatic rings. The van der Waals surface area contributed by atoms with E-state index in [0.29, 0.717) is 11.3 Å². The van der Waals surface area contributed by atoms with Gasteiger partial charge in [-0.1, -0.05) is 30.3 Å². The number of nitrogen functional groups attached to an aromatic ring is 1. The van der Waals surface area contributed by atoms with Crippen LogP contribution in [0.25, 0.3) is 22.0 Å². The molecule has 0 bridgehead atoms. The zero-order chi connectivity index (χ0) is 20.4. The van der Waals surface area contributed by atoms with Gasteiger partial charge in [0.2, 0.25) is 0 Å². The molecule has 142 valence electrons. The number of anilines is 2. The van der Waals surface area contributed by atoms with Gasteiger partial charge in [-0.25, -0.2) is 14.4 Å². The van der Waals surface area contributed by atoms with Gasteiger partial charge in [0.1, 0.15) is 35.4 Å². The zero-order valence-corrected chi connectivity index (χ0v) is 15.6. The van der Waals surface area contributed by atoms with Crippen LogP contribution >= 0.6 is 0 Å². The third-order valence-corrected chi connectivity index (χ3v) is 4.73. The number of aromatic nitrogens is 3. The topological polar surface area (TPSA) is 101 Å². The largest absolute Gasteiger partial charge is 0.382 e. The third-order valence-electron chi connectivity index (χ3n) is 4.73. The van der Waals surface area contributed by atoms with Crippen molar-refractivity contribution in [2.75, 3.05) is 11.1 Å². The first-order valence-corrected chi connectivity index (χ1v) is 8.99. The van der Waals surface area contributed by atoms with Crippen LogP contribution in [0.5, 0.6) is 0 Å². The fraction of sp³-hybridized carbons (Fsp3) is 0.0909. The highest BCUT2D eigenvalue weighted by atomic mass is 19.1. The Morgan fingerprint density at radius 2 is 1.90 bits per heavy atom. The standard InChI is InChI=1S/C22H17FN6/c1-13(29-22-17(10-24)21(25)27-12-28-22)18-11-26-19-9-15(23)7-8-16(19)20(18)14-5-3-2-4-6-14/h2-9,11-13H,1H3,(H3,25,27,28,29)/t13-/m0/s1. The van der Waals surface area contributed by atoms with Crippen LogP contribution < -0.4 is 11.1 Å². The van der Waals surface area contributed by atoms with E-state index in [2.05, 4.69) is 20.3 Å². The van der Waals surface area contributed by atoms with Crippen LogP contribution in [-0.2, 0) is 0 Å². The maximum absolute atomic E-state index is 13.7. The van der Waals surface area contributed by atoms with Crippen molar-refractivity contribution in [2.45, 2.75) is 13.0 Å². The molecule has 0 spiro atoms. The Hall–Kier alpha value is -4.05. The average molecular weight is 384 g/mol. The molecule has 0 amide bonds. The van der Waals surface area contributed by atoms with E-state index in [1.165, 1.54) is 18.5 Å². The smallest absolute Gasteiger partial charge is 0.150 e. The number of nitrogens with two attached hydrogens (primary N) is 1. The third kappa shape index (κ3) is 3.44. The molecule has 1 atom stereocenters. The molecule has 0 aliphatic heterocycles. The molecule has 0 fully saturated rings. The van der Waals surface area contributed by atoms with E-state index >= 15 is 0 Å². The molecule has 6 nitrogen and oxygen atoms in total. The van der Waals surface area contributed by atoms with Gasteiger partial charge in [0, 0.05) is 23.2 Å². The first-order valence-electron chi connectivity index (χ1n) is 8.99. The van der Waals surface area contributed by atoms with E-state index < -0.39 is 0 Å². The van der Waals surface area contributed by atoms with Crippen LogP contribution in [0, 0.1) is 17.1 Å². The summed E-state index contributed by atoms with van der Waals surface area (Å²) in [4.78, 5) is 12.5. The molecule has 2 aromatic carbocycles. The number of nitriles is 1. The summed E-state index contributed by atoms with van der Waals surface area (Å²) in [6.45, 7) is 1.94. The predicted octanol–water partition coefficient (Wildman–Crippen LogP) is 4.46. The Morgan fingerprint density at radius 1 is 1.10 bits per heavy atom. The van der Waals surface area contributed by atoms with Gasteiger partial charge in [-0.3, -0.25) is 4.98 Å². The second kappa shape index (κ2) is 7.52. The number of benzene rings is 2. The van der Waals surface area contributed by atoms with E-state index in [4.69, 9.17) is 5.73 Å². The number of nitrogens with one attached hydrogen (secondary N) is 1. The first-order chi connectivity index (χ1) is 14.1. The number of pyridine rings is 1. The van der Waals surface area contributed by atoms with E-state index in [-0.39, 0.29) is 23.2 Å². The zero-order valence-electron chi connectivity index (χ0n) is 15.6. The molecule has 7 heteroatoms. The molecule has 2 aromatic heterocycles. The van der Waals surface area contributed by atoms with Crippen molar-refractivity contribution in [2.24, 2.45) is 0 Å². The summed E-state index contributed by atoms with van der Waals surface area (Å²) in [7, 11) is 0. The molecule has 0 aliphatic carbocycles. The lowest BCUT2D eigenvalue weighted by Crippen LogP contribution is -2.12. The molecule has 4 aromatic rings. The Morgan fingerprint density at radius 3 is 2.66 bits per heavy atom. The summed E-state index contributed by atoms with van der Waals surface area (Å²) < 4.78 is 13.7. The Kier molecular flexibility index (Phi) is 4.75. The highest BCUT2D eigenvalue weighted by Crippen LogP contribution is 2.35. The molecule has 4 rings (SSSR count). The number of hydrogen-bond donors (Lipinski definition) is 2. The summed E-state index contributed by atoms with van der Waals surface area (Å²) in [5.41, 5.74) is 9.37. The van der Waals surface area contributed by atoms with Crippen molar-refractivity contribution in [1.82, 2.24) is 15.0 Å². The number of fused-ring (bicyclic) bond motifs is 1. The van der Waals surface area contributed by atoms with Crippen molar-refractivity contribution in [1.29, 1.82) is 5.26 Å². The van der Waals surface area contributed by atoms with Crippen molar-refractivity contribution >= 4 is 22.5 Å². The van der Waals surface area contributed by atoms with Gasteiger partial charge in [-0.2, -0.15) is 5.26 Å². The fourth-order valence-corrected chi connectivity index (χ4v) is 3.34. The van der Waals surface area contributed by atoms with Crippen molar-refractivity contribution in [3.63, 3.8) is 0 Å². The Bertz CT molecular complexity index is 1230. The van der Waals surface area contributed by atoms with Gasteiger partial charge in [0.15, 0.2) is 0 Å². The molecular formula is C22H17FN6. The summed E-state index contributed by atoms with van der Waals surface area (Å²) in [6, 6.07) is 16.2. The molecular weight excluding hydrogens is 367 g/mol. The van der Waals surface area contributed by atoms with E-state index in [0.717, 1.165) is 22.1 Å². The van der Waals surface area contributed by atoms with Crippen LogP contribution in [0.3, 0.4) is 0 Å². The predicted molar refractivity (Wildman–Crippen MR) is 110 cm³/mol. The first kappa shape index (κ1) is 18.3. The number of rotatable bonds is 4. The SMILES string of the molecule is C[C@H](Nc1ncnc(N)c1C#N)c1cnc2cc(F)ccc2c1-c1ccccc1. The van der Waals surface area contributed by atoms with Crippen molar-refractivity contribution < 1.29 is 4.39 Å². The van der Waals surface area contributed by atoms with Crippen LogP contribution in [0.1, 0.15) is 24.1 Å². The minimum absolute atomic E-state index is 0.118. The summed E-state index contributed by atoms with van der Waals surface area (Å²) in [5.74, 6) is 0.136. The van der Waals surface area contributed by atoms with E-state index in [1.807, 2.05) is 43.3 Å². The van der Waals surface area contributed by atoms with Crippen molar-refractivity contribution in [3.05, 3.63) is 78.0 Å². The van der Waals surface area contributed by atoms with Crippen molar-refractivity contribution in [3.8, 4) is 17.2 Å². The summed E-state index contributed by atoms with van der Waals surface area (Å²) >= 11 is 0. The minimum Gasteiger partial charge on any atom is -0.382 e. The number of hydrogen-bond acceptors (Lipinski definition) is 6. The monoisotopic (exact) mass is 384 g/mol. The van der Waals surface area contributed by atoms with E-state index in [9.17, 15) is 9.65 Å². The normalized spacial score (nSPS) is 11.8. The van der Waals surface area contributed by atoms with Crippen LogP contribution in [0.2, 0.25) is 0 Å². The molecule has 0 unspecified atom stereocenters.